The first kappa shape index (κ1) is 16.5. The maximum absolute atomic E-state index is 14.7. The van der Waals surface area contributed by atoms with Crippen LogP contribution in [0, 0.1) is 11.8 Å². The van der Waals surface area contributed by atoms with Gasteiger partial charge in [0.25, 0.3) is 0 Å². The minimum absolute atomic E-state index is 0.449. The van der Waals surface area contributed by atoms with Gasteiger partial charge >= 0.3 is 6.97 Å². The molecule has 0 radical (unpaired) electrons. The third kappa shape index (κ3) is 2.54. The van der Waals surface area contributed by atoms with E-state index in [1.807, 2.05) is 42.5 Å². The summed E-state index contributed by atoms with van der Waals surface area (Å²) in [4.78, 5) is 0. The molecule has 0 aliphatic carbocycles. The summed E-state index contributed by atoms with van der Waals surface area (Å²) in [6, 6.07) is 21.4. The zero-order valence-electron chi connectivity index (χ0n) is 14.9. The quantitative estimate of drug-likeness (QED) is 0.430. The molecule has 0 spiro atoms. The van der Waals surface area contributed by atoms with Gasteiger partial charge in [0.05, 0.1) is 0 Å². The Balaban J connectivity index is 1.53. The molecule has 2 aliphatic heterocycles. The normalized spacial score (nSPS) is 16.1. The van der Waals surface area contributed by atoms with Gasteiger partial charge in [-0.1, -0.05) is 54.3 Å². The first-order valence-electron chi connectivity index (χ1n) is 9.06. The molecule has 2 aromatic carbocycles. The van der Waals surface area contributed by atoms with Gasteiger partial charge in [-0.2, -0.15) is 0 Å². The lowest BCUT2D eigenvalue weighted by Crippen LogP contribution is -2.49. The molecule has 0 atom stereocenters. The lowest BCUT2D eigenvalue weighted by Gasteiger charge is -2.29. The lowest BCUT2D eigenvalue weighted by molar-refractivity contribution is -0.356. The summed E-state index contributed by atoms with van der Waals surface area (Å²) in [5.74, 6) is 6.25. The Morgan fingerprint density at radius 2 is 1.57 bits per heavy atom. The molecule has 2 nitrogen and oxygen atoms in total. The summed E-state index contributed by atoms with van der Waals surface area (Å²) in [5.41, 5.74) is 4.60. The van der Waals surface area contributed by atoms with E-state index in [4.69, 9.17) is 0 Å². The first-order valence-corrected chi connectivity index (χ1v) is 9.06. The van der Waals surface area contributed by atoms with Gasteiger partial charge < -0.3 is 17.6 Å². The van der Waals surface area contributed by atoms with Gasteiger partial charge in [0.1, 0.15) is 11.8 Å². The molecule has 3 heterocycles. The highest BCUT2D eigenvalue weighted by molar-refractivity contribution is 6.57. The smallest absolute Gasteiger partial charge is 0.395 e. The second-order valence-corrected chi connectivity index (χ2v) is 6.76. The number of allylic oxidation sites excluding steroid dienone is 3. The van der Waals surface area contributed by atoms with Crippen molar-refractivity contribution in [2.24, 2.45) is 0 Å². The summed E-state index contributed by atoms with van der Waals surface area (Å²) in [7, 11) is 0. The standard InChI is InChI=1S/C23H15BF2N2/c25-24(26)27-16-4-8-22(27)21(23-9-5-17-28(23)24)15-12-18-10-13-20(14-11-18)19-6-2-1-3-7-19/h1-11,13-14,16-17H. The number of hydrogen-bond acceptors (Lipinski definition) is 0. The van der Waals surface area contributed by atoms with Gasteiger partial charge in [-0.3, -0.25) is 0 Å². The number of halogens is 2. The summed E-state index contributed by atoms with van der Waals surface area (Å²) in [5, 5.41) is 0. The minimum atomic E-state index is -3.88. The zero-order chi connectivity index (χ0) is 19.1. The Labute approximate surface area is 161 Å². The van der Waals surface area contributed by atoms with Gasteiger partial charge in [0.15, 0.2) is 5.70 Å². The van der Waals surface area contributed by atoms with Crippen molar-refractivity contribution in [2.45, 2.75) is 0 Å². The van der Waals surface area contributed by atoms with Crippen LogP contribution in [0.5, 0.6) is 0 Å². The highest BCUT2D eigenvalue weighted by atomic mass is 19.2. The van der Waals surface area contributed by atoms with E-state index < -0.39 is 6.97 Å². The Morgan fingerprint density at radius 3 is 2.36 bits per heavy atom. The van der Waals surface area contributed by atoms with E-state index >= 15 is 0 Å². The van der Waals surface area contributed by atoms with E-state index in [2.05, 4.69) is 24.0 Å². The fraction of sp³-hybridized carbons (Fsp3) is 0. The van der Waals surface area contributed by atoms with Gasteiger partial charge in [-0.25, -0.2) is 0 Å². The molecule has 0 saturated carbocycles. The van der Waals surface area contributed by atoms with Crippen molar-refractivity contribution < 1.29 is 13.1 Å². The van der Waals surface area contributed by atoms with Crippen LogP contribution in [0.1, 0.15) is 11.3 Å². The summed E-state index contributed by atoms with van der Waals surface area (Å²) in [6.07, 6.45) is 6.14. The molecule has 5 heteroatoms. The van der Waals surface area contributed by atoms with Gasteiger partial charge in [-0.05, 0) is 41.6 Å². The van der Waals surface area contributed by atoms with E-state index in [0.29, 0.717) is 17.0 Å². The van der Waals surface area contributed by atoms with Crippen molar-refractivity contribution in [2.75, 3.05) is 0 Å². The average Bonchev–Trinajstić information content (AvgIpc) is 3.40. The largest absolute Gasteiger partial charge is 0.737 e. The third-order valence-corrected chi connectivity index (χ3v) is 5.06. The molecule has 3 aromatic rings. The molecule has 0 N–H and O–H groups in total. The molecular weight excluding hydrogens is 353 g/mol. The number of aromatic nitrogens is 1. The molecule has 0 bridgehead atoms. The van der Waals surface area contributed by atoms with E-state index in [1.165, 1.54) is 12.4 Å². The van der Waals surface area contributed by atoms with E-state index in [1.54, 1.807) is 24.3 Å². The molecule has 5 rings (SSSR count). The number of hydrogen-bond donors (Lipinski definition) is 0. The molecule has 134 valence electrons. The number of rotatable bonds is 1. The molecule has 2 aliphatic rings. The van der Waals surface area contributed by atoms with Crippen LogP contribution in [0.25, 0.3) is 16.7 Å². The van der Waals surface area contributed by atoms with Crippen LogP contribution in [-0.2, 0) is 0 Å². The third-order valence-electron chi connectivity index (χ3n) is 5.06. The van der Waals surface area contributed by atoms with E-state index in [-0.39, 0.29) is 0 Å². The SMILES string of the molecule is F[B-]1(F)n2cccc2C(C#Cc2ccc(-c3ccccc3)cc2)=C2C=CC=[N+]21. The molecule has 0 fully saturated rings. The van der Waals surface area contributed by atoms with Crippen LogP contribution < -0.4 is 0 Å². The maximum atomic E-state index is 14.7. The zero-order valence-corrected chi connectivity index (χ0v) is 14.9. The van der Waals surface area contributed by atoms with Crippen LogP contribution in [0.3, 0.4) is 0 Å². The van der Waals surface area contributed by atoms with E-state index in [9.17, 15) is 8.63 Å². The van der Waals surface area contributed by atoms with Gasteiger partial charge in [-0.15, -0.1) is 0 Å². The maximum Gasteiger partial charge on any atom is 0.737 e. The summed E-state index contributed by atoms with van der Waals surface area (Å²) >= 11 is 0. The summed E-state index contributed by atoms with van der Waals surface area (Å²) < 4.78 is 31.5. The molecule has 0 unspecified atom stereocenters. The Morgan fingerprint density at radius 1 is 0.821 bits per heavy atom. The number of fused-ring (bicyclic) bond motifs is 2. The van der Waals surface area contributed by atoms with E-state index in [0.717, 1.165) is 25.7 Å². The van der Waals surface area contributed by atoms with Crippen molar-refractivity contribution in [1.82, 2.24) is 4.48 Å². The van der Waals surface area contributed by atoms with Gasteiger partial charge in [0.2, 0.25) is 0 Å². The first-order chi connectivity index (χ1) is 13.6. The fourth-order valence-corrected chi connectivity index (χ4v) is 3.66. The van der Waals surface area contributed by atoms with Crippen molar-refractivity contribution >= 4 is 18.8 Å². The van der Waals surface area contributed by atoms with Crippen LogP contribution >= 0.6 is 0 Å². The second kappa shape index (κ2) is 6.21. The van der Waals surface area contributed by atoms with Crippen LogP contribution in [0.15, 0.2) is 90.8 Å². The minimum Gasteiger partial charge on any atom is -0.395 e. The number of nitrogens with zero attached hydrogens (tertiary/aromatic N) is 2. The Kier molecular flexibility index (Phi) is 3.66. The molecule has 0 amide bonds. The average molecular weight is 368 g/mol. The Bertz CT molecular complexity index is 1220. The van der Waals surface area contributed by atoms with Crippen molar-refractivity contribution in [3.8, 4) is 23.0 Å². The molecule has 1 aromatic heterocycles. The monoisotopic (exact) mass is 368 g/mol. The molecule has 28 heavy (non-hydrogen) atoms. The molecular formula is C23H15BF2N2. The number of benzene rings is 2. The second-order valence-electron chi connectivity index (χ2n) is 6.76. The van der Waals surface area contributed by atoms with Crippen molar-refractivity contribution in [3.63, 3.8) is 0 Å². The lowest BCUT2D eigenvalue weighted by atomic mass is 9.89. The van der Waals surface area contributed by atoms with Crippen LogP contribution in [0.2, 0.25) is 0 Å². The van der Waals surface area contributed by atoms with Crippen molar-refractivity contribution in [1.29, 1.82) is 0 Å². The predicted octanol–water partition coefficient (Wildman–Crippen LogP) is 4.81. The Hall–Kier alpha value is -3.65. The molecule has 0 saturated heterocycles. The van der Waals surface area contributed by atoms with Crippen LogP contribution in [0.4, 0.5) is 8.63 Å². The fourth-order valence-electron chi connectivity index (χ4n) is 3.66. The van der Waals surface area contributed by atoms with Crippen LogP contribution in [-0.4, -0.2) is 22.1 Å². The predicted molar refractivity (Wildman–Crippen MR) is 109 cm³/mol. The topological polar surface area (TPSA) is 7.94 Å². The van der Waals surface area contributed by atoms with Crippen molar-refractivity contribution in [3.05, 3.63) is 102 Å². The highest BCUT2D eigenvalue weighted by Gasteiger charge is 2.51. The van der Waals surface area contributed by atoms with Gasteiger partial charge in [0, 0.05) is 23.4 Å². The summed E-state index contributed by atoms with van der Waals surface area (Å²) in [6.45, 7) is -3.88. The highest BCUT2D eigenvalue weighted by Crippen LogP contribution is 2.34.